The van der Waals surface area contributed by atoms with Gasteiger partial charge in [0.1, 0.15) is 22.5 Å². The number of fused-ring (bicyclic) bond motifs is 1. The Balaban J connectivity index is 1.77. The van der Waals surface area contributed by atoms with Gasteiger partial charge in [0.05, 0.1) is 11.2 Å². The molecule has 0 aliphatic carbocycles. The van der Waals surface area contributed by atoms with E-state index in [1.807, 2.05) is 60.7 Å². The van der Waals surface area contributed by atoms with Gasteiger partial charge in [-0.15, -0.1) is 0 Å². The lowest BCUT2D eigenvalue weighted by molar-refractivity contribution is 0.488. The number of aromatic nitrogens is 2. The minimum absolute atomic E-state index is 0.273. The molecule has 0 aliphatic heterocycles. The van der Waals surface area contributed by atoms with Crippen molar-refractivity contribution < 1.29 is 8.95 Å². The molecule has 2 aromatic heterocycles. The molecule has 5 nitrogen and oxygen atoms in total. The van der Waals surface area contributed by atoms with Crippen molar-refractivity contribution in [2.45, 2.75) is 0 Å². The van der Waals surface area contributed by atoms with Gasteiger partial charge in [-0.1, -0.05) is 35.9 Å². The van der Waals surface area contributed by atoms with Crippen LogP contribution in [0.1, 0.15) is 0 Å². The first-order valence-corrected chi connectivity index (χ1v) is 10.4. The second-order valence-corrected chi connectivity index (χ2v) is 7.55. The number of ether oxygens (including phenoxy) is 1. The quantitative estimate of drug-likeness (QED) is 0.445. The Bertz CT molecular complexity index is 1170. The average molecular weight is 410 g/mol. The number of nitrogens with one attached hydrogen (secondary N) is 1. The van der Waals surface area contributed by atoms with Crippen LogP contribution in [-0.2, 0) is 11.0 Å². The van der Waals surface area contributed by atoms with Crippen molar-refractivity contribution >= 4 is 39.2 Å². The molecule has 7 heteroatoms. The van der Waals surface area contributed by atoms with Crippen LogP contribution in [0.25, 0.3) is 22.0 Å². The van der Waals surface area contributed by atoms with Crippen LogP contribution in [-0.4, -0.2) is 20.4 Å². The maximum absolute atomic E-state index is 11.5. The zero-order valence-electron chi connectivity index (χ0n) is 14.9. The fraction of sp³-hybridized carbons (Fsp3) is 0.0476. The average Bonchev–Trinajstić information content (AvgIpc) is 2.70. The van der Waals surface area contributed by atoms with E-state index in [2.05, 4.69) is 14.7 Å². The maximum atomic E-state index is 11.5. The van der Waals surface area contributed by atoms with Crippen molar-refractivity contribution in [2.75, 3.05) is 11.0 Å². The summed E-state index contributed by atoms with van der Waals surface area (Å²) in [7, 11) is -1.24. The number of rotatable bonds is 5. The summed E-state index contributed by atoms with van der Waals surface area (Å²) in [5.41, 5.74) is 3.11. The van der Waals surface area contributed by atoms with Crippen LogP contribution in [0.2, 0.25) is 5.15 Å². The Morgan fingerprint density at radius 2 is 1.82 bits per heavy atom. The van der Waals surface area contributed by atoms with Crippen molar-refractivity contribution in [2.24, 2.45) is 0 Å². The molecule has 0 spiro atoms. The lowest BCUT2D eigenvalue weighted by atomic mass is 10.0. The van der Waals surface area contributed by atoms with E-state index in [1.54, 1.807) is 12.4 Å². The Hall–Kier alpha value is -2.96. The van der Waals surface area contributed by atoms with Crippen molar-refractivity contribution in [1.29, 1.82) is 0 Å². The van der Waals surface area contributed by atoms with E-state index < -0.39 is 11.0 Å². The van der Waals surface area contributed by atoms with Gasteiger partial charge in [0, 0.05) is 29.6 Å². The first kappa shape index (κ1) is 18.4. The molecule has 4 aromatic rings. The van der Waals surface area contributed by atoms with Gasteiger partial charge in [-0.25, -0.2) is 9.19 Å². The van der Waals surface area contributed by atoms with E-state index in [0.29, 0.717) is 11.4 Å². The third-order valence-corrected chi connectivity index (χ3v) is 4.91. The molecule has 1 N–H and O–H groups in total. The molecular formula is C21H16ClN3O2S. The van der Waals surface area contributed by atoms with Gasteiger partial charge in [0.15, 0.2) is 5.15 Å². The second kappa shape index (κ2) is 7.96. The third kappa shape index (κ3) is 3.98. The smallest absolute Gasteiger partial charge is 0.153 e. The molecule has 1 atom stereocenters. The SMILES string of the molecule is CS(=O)Nc1cc(-c2ccc3nccc(Oc4ccccc4)c3c2)cnc1Cl. The van der Waals surface area contributed by atoms with E-state index in [9.17, 15) is 4.21 Å². The molecule has 0 saturated heterocycles. The molecule has 0 bridgehead atoms. The summed E-state index contributed by atoms with van der Waals surface area (Å²) < 4.78 is 20.3. The number of benzene rings is 2. The van der Waals surface area contributed by atoms with Crippen LogP contribution in [0.15, 0.2) is 73.1 Å². The van der Waals surface area contributed by atoms with Gasteiger partial charge >= 0.3 is 0 Å². The lowest BCUT2D eigenvalue weighted by Crippen LogP contribution is -2.02. The first-order valence-electron chi connectivity index (χ1n) is 8.48. The number of anilines is 1. The summed E-state index contributed by atoms with van der Waals surface area (Å²) in [5.74, 6) is 1.47. The molecular weight excluding hydrogens is 394 g/mol. The van der Waals surface area contributed by atoms with Crippen LogP contribution in [0.3, 0.4) is 0 Å². The predicted molar refractivity (Wildman–Crippen MR) is 114 cm³/mol. The van der Waals surface area contributed by atoms with E-state index in [0.717, 1.165) is 27.8 Å². The zero-order valence-corrected chi connectivity index (χ0v) is 16.5. The van der Waals surface area contributed by atoms with Crippen molar-refractivity contribution in [3.63, 3.8) is 0 Å². The number of pyridine rings is 2. The molecule has 0 amide bonds. The maximum Gasteiger partial charge on any atom is 0.153 e. The summed E-state index contributed by atoms with van der Waals surface area (Å²) in [4.78, 5) is 8.62. The van der Waals surface area contributed by atoms with Crippen LogP contribution in [0.5, 0.6) is 11.5 Å². The molecule has 2 heterocycles. The molecule has 0 radical (unpaired) electrons. The third-order valence-electron chi connectivity index (χ3n) is 4.10. The lowest BCUT2D eigenvalue weighted by Gasteiger charge is -2.11. The summed E-state index contributed by atoms with van der Waals surface area (Å²) in [6.07, 6.45) is 4.95. The topological polar surface area (TPSA) is 64.1 Å². The standard InChI is InChI=1S/C21H16ClN3O2S/c1-28(26)25-19-12-15(13-24-21(19)22)14-7-8-18-17(11-14)20(9-10-23-18)27-16-5-3-2-4-6-16/h2-13,25H,1H3. The van der Waals surface area contributed by atoms with Gasteiger partial charge in [0.2, 0.25) is 0 Å². The van der Waals surface area contributed by atoms with E-state index in [-0.39, 0.29) is 5.15 Å². The molecule has 1 unspecified atom stereocenters. The largest absolute Gasteiger partial charge is 0.457 e. The van der Waals surface area contributed by atoms with Gasteiger partial charge < -0.3 is 9.46 Å². The van der Waals surface area contributed by atoms with Crippen LogP contribution in [0, 0.1) is 0 Å². The highest BCUT2D eigenvalue weighted by atomic mass is 35.5. The minimum Gasteiger partial charge on any atom is -0.457 e. The first-order chi connectivity index (χ1) is 13.6. The Morgan fingerprint density at radius 3 is 2.61 bits per heavy atom. The Labute approximate surface area is 170 Å². The van der Waals surface area contributed by atoms with Crippen molar-refractivity contribution in [3.05, 3.63) is 78.2 Å². The predicted octanol–water partition coefficient (Wildman–Crippen LogP) is 5.45. The summed E-state index contributed by atoms with van der Waals surface area (Å²) in [6.45, 7) is 0. The number of halogens is 1. The van der Waals surface area contributed by atoms with Crippen molar-refractivity contribution in [3.8, 4) is 22.6 Å². The number of para-hydroxylation sites is 1. The molecule has 4 rings (SSSR count). The normalized spacial score (nSPS) is 11.9. The summed E-state index contributed by atoms with van der Waals surface area (Å²) in [5, 5.41) is 1.15. The van der Waals surface area contributed by atoms with Gasteiger partial charge in [-0.3, -0.25) is 4.98 Å². The van der Waals surface area contributed by atoms with Gasteiger partial charge in [0.25, 0.3) is 0 Å². The zero-order chi connectivity index (χ0) is 19.5. The van der Waals surface area contributed by atoms with Gasteiger partial charge in [-0.2, -0.15) is 0 Å². The molecule has 2 aromatic carbocycles. The Kier molecular flexibility index (Phi) is 5.23. The van der Waals surface area contributed by atoms with E-state index >= 15 is 0 Å². The molecule has 0 aliphatic rings. The summed E-state index contributed by atoms with van der Waals surface area (Å²) >= 11 is 6.10. The highest BCUT2D eigenvalue weighted by molar-refractivity contribution is 7.85. The summed E-state index contributed by atoms with van der Waals surface area (Å²) in [6, 6.07) is 19.2. The molecule has 28 heavy (non-hydrogen) atoms. The monoisotopic (exact) mass is 409 g/mol. The fourth-order valence-corrected chi connectivity index (χ4v) is 3.51. The minimum atomic E-state index is -1.24. The highest BCUT2D eigenvalue weighted by Crippen LogP contribution is 2.33. The highest BCUT2D eigenvalue weighted by Gasteiger charge is 2.10. The van der Waals surface area contributed by atoms with E-state index in [1.165, 1.54) is 6.26 Å². The van der Waals surface area contributed by atoms with Crippen LogP contribution >= 0.6 is 11.6 Å². The van der Waals surface area contributed by atoms with Crippen LogP contribution < -0.4 is 9.46 Å². The molecule has 140 valence electrons. The fourth-order valence-electron chi connectivity index (χ4n) is 2.84. The van der Waals surface area contributed by atoms with Gasteiger partial charge in [-0.05, 0) is 42.0 Å². The number of hydrogen-bond donors (Lipinski definition) is 1. The van der Waals surface area contributed by atoms with E-state index in [4.69, 9.17) is 16.3 Å². The van der Waals surface area contributed by atoms with Crippen LogP contribution in [0.4, 0.5) is 5.69 Å². The second-order valence-electron chi connectivity index (χ2n) is 6.07. The Morgan fingerprint density at radius 1 is 1.00 bits per heavy atom. The number of nitrogens with zero attached hydrogens (tertiary/aromatic N) is 2. The molecule has 0 saturated carbocycles. The van der Waals surface area contributed by atoms with Crippen molar-refractivity contribution in [1.82, 2.24) is 9.97 Å². The molecule has 0 fully saturated rings. The number of hydrogen-bond acceptors (Lipinski definition) is 4.